The molecule has 2 aromatic rings. The Kier molecular flexibility index (Phi) is 4.87. The lowest BCUT2D eigenvalue weighted by Crippen LogP contribution is -2.37. The zero-order valence-corrected chi connectivity index (χ0v) is 19.0. The Bertz CT molecular complexity index is 1180. The first-order chi connectivity index (χ1) is 16.0. The number of carbonyl (C=O) groups is 2. The molecule has 1 aromatic heterocycles. The summed E-state index contributed by atoms with van der Waals surface area (Å²) in [4.78, 5) is 31.6. The van der Waals surface area contributed by atoms with Crippen LogP contribution in [-0.2, 0) is 17.6 Å². The number of ether oxygens (including phenoxy) is 3. The summed E-state index contributed by atoms with van der Waals surface area (Å²) in [5, 5.41) is 3.11. The van der Waals surface area contributed by atoms with Crippen LogP contribution in [0.1, 0.15) is 46.3 Å². The predicted octanol–water partition coefficient (Wildman–Crippen LogP) is 3.31. The summed E-state index contributed by atoms with van der Waals surface area (Å²) >= 11 is 6.52. The molecule has 4 aliphatic rings. The van der Waals surface area contributed by atoms with E-state index in [2.05, 4.69) is 10.3 Å². The topological polar surface area (TPSA) is 90.0 Å². The van der Waals surface area contributed by atoms with Crippen LogP contribution in [0.4, 0.5) is 5.69 Å². The summed E-state index contributed by atoms with van der Waals surface area (Å²) in [6, 6.07) is 1.84. The van der Waals surface area contributed by atoms with Crippen molar-refractivity contribution in [2.24, 2.45) is 0 Å². The number of rotatable bonds is 2. The van der Waals surface area contributed by atoms with Crippen LogP contribution in [-0.4, -0.2) is 53.6 Å². The minimum Gasteiger partial charge on any atom is -0.492 e. The summed E-state index contributed by atoms with van der Waals surface area (Å²) in [5.74, 6) is 1.37. The number of fused-ring (bicyclic) bond motifs is 5. The highest BCUT2D eigenvalue weighted by atomic mass is 35.5. The van der Waals surface area contributed by atoms with E-state index < -0.39 is 0 Å². The van der Waals surface area contributed by atoms with Crippen LogP contribution < -0.4 is 19.5 Å². The number of anilines is 1. The fourth-order valence-corrected chi connectivity index (χ4v) is 5.49. The van der Waals surface area contributed by atoms with Crippen molar-refractivity contribution in [2.75, 3.05) is 25.1 Å². The van der Waals surface area contributed by atoms with Crippen molar-refractivity contribution in [1.29, 1.82) is 0 Å². The Morgan fingerprint density at radius 3 is 3.00 bits per heavy atom. The predicted molar refractivity (Wildman–Crippen MR) is 121 cm³/mol. The first-order valence-corrected chi connectivity index (χ1v) is 11.7. The molecule has 0 unspecified atom stereocenters. The maximum Gasteiger partial charge on any atom is 0.261 e. The Morgan fingerprint density at radius 1 is 1.24 bits per heavy atom. The van der Waals surface area contributed by atoms with Gasteiger partial charge in [-0.15, -0.1) is 0 Å². The normalized spacial score (nSPS) is 23.3. The lowest BCUT2D eigenvalue weighted by Gasteiger charge is -2.25. The van der Waals surface area contributed by atoms with Gasteiger partial charge < -0.3 is 24.4 Å². The highest BCUT2D eigenvalue weighted by molar-refractivity contribution is 6.35. The number of hydrogen-bond donors (Lipinski definition) is 1. The lowest BCUT2D eigenvalue weighted by molar-refractivity contribution is -0.116. The largest absolute Gasteiger partial charge is 0.492 e. The molecule has 6 rings (SSSR count). The van der Waals surface area contributed by atoms with Crippen LogP contribution in [0.3, 0.4) is 0 Å². The standard InChI is InChI=1S/C24H24ClN3O5/c1-12-7-17-19(22-16(12)3-2-6-31-22)24(30)28-10-15(8-14(28)11-32-17)33-23-20(25)21-13(9-26-23)4-5-18(29)27-21/h7,9,14-15H,2-6,8,10-11H2,1H3,(H,27,29)/t14-,15+/m1/s1. The van der Waals surface area contributed by atoms with Gasteiger partial charge in [0.2, 0.25) is 11.8 Å². The van der Waals surface area contributed by atoms with Crippen molar-refractivity contribution in [3.63, 3.8) is 0 Å². The fourth-order valence-electron chi connectivity index (χ4n) is 5.22. The van der Waals surface area contributed by atoms with E-state index in [0.717, 1.165) is 29.5 Å². The van der Waals surface area contributed by atoms with E-state index in [1.165, 1.54) is 0 Å². The molecule has 33 heavy (non-hydrogen) atoms. The van der Waals surface area contributed by atoms with Gasteiger partial charge in [-0.1, -0.05) is 11.6 Å². The maximum absolute atomic E-state index is 13.6. The minimum absolute atomic E-state index is 0.0713. The van der Waals surface area contributed by atoms with Crippen LogP contribution in [0.15, 0.2) is 12.3 Å². The van der Waals surface area contributed by atoms with E-state index in [0.29, 0.717) is 66.8 Å². The molecule has 0 bridgehead atoms. The maximum atomic E-state index is 13.6. The van der Waals surface area contributed by atoms with E-state index in [9.17, 15) is 9.59 Å². The number of amides is 2. The molecule has 1 aromatic carbocycles. The molecule has 8 nitrogen and oxygen atoms in total. The molecule has 2 atom stereocenters. The molecule has 9 heteroatoms. The number of aryl methyl sites for hydroxylation is 2. The van der Waals surface area contributed by atoms with Gasteiger partial charge in [-0.05, 0) is 48.9 Å². The van der Waals surface area contributed by atoms with Crippen LogP contribution in [0.5, 0.6) is 17.4 Å². The van der Waals surface area contributed by atoms with Crippen LogP contribution in [0.25, 0.3) is 0 Å². The third-order valence-corrected chi connectivity index (χ3v) is 7.25. The van der Waals surface area contributed by atoms with E-state index >= 15 is 0 Å². The summed E-state index contributed by atoms with van der Waals surface area (Å²) in [5.41, 5.74) is 4.17. The lowest BCUT2D eigenvalue weighted by atomic mass is 9.96. The van der Waals surface area contributed by atoms with Crippen molar-refractivity contribution in [2.45, 2.75) is 51.2 Å². The number of halogens is 1. The molecule has 0 radical (unpaired) electrons. The zero-order chi connectivity index (χ0) is 22.7. The number of nitrogens with zero attached hydrogens (tertiary/aromatic N) is 2. The Labute approximate surface area is 196 Å². The molecule has 1 saturated heterocycles. The van der Waals surface area contributed by atoms with E-state index in [1.54, 1.807) is 6.20 Å². The van der Waals surface area contributed by atoms with Gasteiger partial charge in [0.05, 0.1) is 24.9 Å². The first kappa shape index (κ1) is 20.6. The van der Waals surface area contributed by atoms with E-state index in [1.807, 2.05) is 17.9 Å². The average Bonchev–Trinajstić information content (AvgIpc) is 3.17. The van der Waals surface area contributed by atoms with Gasteiger partial charge in [0.15, 0.2) is 0 Å². The third-order valence-electron chi connectivity index (χ3n) is 6.90. The van der Waals surface area contributed by atoms with Crippen molar-refractivity contribution in [1.82, 2.24) is 9.88 Å². The number of pyridine rings is 1. The Morgan fingerprint density at radius 2 is 2.12 bits per heavy atom. The molecule has 1 N–H and O–H groups in total. The Hall–Kier alpha value is -3.00. The number of nitrogens with one attached hydrogen (secondary N) is 1. The molecule has 1 fully saturated rings. The molecule has 0 spiro atoms. The highest BCUT2D eigenvalue weighted by Gasteiger charge is 2.42. The van der Waals surface area contributed by atoms with Crippen molar-refractivity contribution in [3.05, 3.63) is 39.5 Å². The van der Waals surface area contributed by atoms with Crippen LogP contribution in [0, 0.1) is 6.92 Å². The van der Waals surface area contributed by atoms with Gasteiger partial charge in [-0.2, -0.15) is 0 Å². The van der Waals surface area contributed by atoms with E-state index in [-0.39, 0.29) is 29.8 Å². The molecular formula is C24H24ClN3O5. The first-order valence-electron chi connectivity index (χ1n) is 11.4. The summed E-state index contributed by atoms with van der Waals surface area (Å²) in [6.45, 7) is 3.42. The van der Waals surface area contributed by atoms with E-state index in [4.69, 9.17) is 25.8 Å². The third kappa shape index (κ3) is 3.39. The SMILES string of the molecule is Cc1cc2c(c3c1CCCO3)C(=O)N1C[C@@H](Oc3ncc4c(c3Cl)NC(=O)CC4)C[C@@H]1CO2. The summed E-state index contributed by atoms with van der Waals surface area (Å²) < 4.78 is 18.2. The zero-order valence-electron chi connectivity index (χ0n) is 18.3. The number of carbonyl (C=O) groups excluding carboxylic acids is 2. The molecule has 5 heterocycles. The molecule has 172 valence electrons. The second kappa shape index (κ2) is 7.80. The van der Waals surface area contributed by atoms with Gasteiger partial charge in [0.1, 0.15) is 34.8 Å². The number of benzene rings is 1. The van der Waals surface area contributed by atoms with Gasteiger partial charge in [0, 0.05) is 19.0 Å². The quantitative estimate of drug-likeness (QED) is 0.725. The fraction of sp³-hybridized carbons (Fsp3) is 0.458. The minimum atomic E-state index is -0.284. The molecule has 2 amide bonds. The van der Waals surface area contributed by atoms with Gasteiger partial charge in [-0.3, -0.25) is 9.59 Å². The second-order valence-corrected chi connectivity index (χ2v) is 9.43. The van der Waals surface area contributed by atoms with Gasteiger partial charge in [0.25, 0.3) is 5.91 Å². The smallest absolute Gasteiger partial charge is 0.261 e. The molecule has 0 saturated carbocycles. The second-order valence-electron chi connectivity index (χ2n) is 9.05. The molecular weight excluding hydrogens is 446 g/mol. The summed E-state index contributed by atoms with van der Waals surface area (Å²) in [7, 11) is 0. The van der Waals surface area contributed by atoms with Gasteiger partial charge in [-0.25, -0.2) is 4.98 Å². The van der Waals surface area contributed by atoms with Crippen LogP contribution in [0.2, 0.25) is 5.02 Å². The van der Waals surface area contributed by atoms with Crippen molar-refractivity contribution < 1.29 is 23.8 Å². The molecule has 0 aliphatic carbocycles. The van der Waals surface area contributed by atoms with Gasteiger partial charge >= 0.3 is 0 Å². The van der Waals surface area contributed by atoms with Crippen molar-refractivity contribution >= 4 is 29.1 Å². The van der Waals surface area contributed by atoms with Crippen LogP contribution >= 0.6 is 11.6 Å². The number of hydrogen-bond acceptors (Lipinski definition) is 6. The Balaban J connectivity index is 1.26. The summed E-state index contributed by atoms with van der Waals surface area (Å²) in [6.07, 6.45) is 4.87. The molecule has 4 aliphatic heterocycles. The number of aromatic nitrogens is 1. The highest BCUT2D eigenvalue weighted by Crippen LogP contribution is 2.42. The van der Waals surface area contributed by atoms with Crippen molar-refractivity contribution in [3.8, 4) is 17.4 Å². The monoisotopic (exact) mass is 469 g/mol. The average molecular weight is 470 g/mol.